The molecule has 0 aromatic heterocycles. The van der Waals surface area contributed by atoms with Gasteiger partial charge in [-0.05, 0) is 50.2 Å². The van der Waals surface area contributed by atoms with Gasteiger partial charge >= 0.3 is 0 Å². The van der Waals surface area contributed by atoms with E-state index < -0.39 is 9.84 Å². The zero-order chi connectivity index (χ0) is 17.9. The van der Waals surface area contributed by atoms with Gasteiger partial charge in [-0.1, -0.05) is 0 Å². The van der Waals surface area contributed by atoms with Crippen LogP contribution in [0, 0.1) is 5.92 Å². The molecular weight excluding hydrogens is 360 g/mol. The lowest BCUT2D eigenvalue weighted by molar-refractivity contribution is -0.102. The van der Waals surface area contributed by atoms with Gasteiger partial charge in [-0.25, -0.2) is 8.42 Å². The van der Waals surface area contributed by atoms with Crippen LogP contribution in [0.25, 0.3) is 0 Å². The van der Waals surface area contributed by atoms with E-state index >= 15 is 0 Å². The zero-order valence-electron chi connectivity index (χ0n) is 15.3. The minimum atomic E-state index is -2.91. The maximum Gasteiger partial charge on any atom is 0.150 e. The van der Waals surface area contributed by atoms with Crippen LogP contribution < -0.4 is 10.6 Å². The smallest absolute Gasteiger partial charge is 0.150 e. The molecule has 0 aromatic rings. The van der Waals surface area contributed by atoms with Gasteiger partial charge in [0.15, 0.2) is 0 Å². The topological polar surface area (TPSA) is 76.7 Å². The van der Waals surface area contributed by atoms with E-state index in [4.69, 9.17) is 9.47 Å². The first-order chi connectivity index (χ1) is 12.0. The molecule has 146 valence electrons. The molecule has 1 saturated carbocycles. The van der Waals surface area contributed by atoms with Crippen LogP contribution in [0.2, 0.25) is 0 Å². The molecule has 6 nitrogen and oxygen atoms in total. The van der Waals surface area contributed by atoms with Crippen molar-refractivity contribution in [2.24, 2.45) is 5.92 Å². The number of hydrogen-bond acceptors (Lipinski definition) is 7. The van der Waals surface area contributed by atoms with E-state index in [9.17, 15) is 8.42 Å². The predicted octanol–water partition coefficient (Wildman–Crippen LogP) is 1.36. The lowest BCUT2D eigenvalue weighted by atomic mass is 9.86. The maximum atomic E-state index is 11.7. The molecule has 25 heavy (non-hydrogen) atoms. The fourth-order valence-electron chi connectivity index (χ4n) is 4.20. The normalized spacial score (nSPS) is 40.2. The Morgan fingerprint density at radius 1 is 1.16 bits per heavy atom. The highest BCUT2D eigenvalue weighted by Crippen LogP contribution is 2.31. The lowest BCUT2D eigenvalue weighted by Crippen LogP contribution is -2.65. The Bertz CT molecular complexity index is 517. The van der Waals surface area contributed by atoms with Crippen molar-refractivity contribution in [2.75, 3.05) is 32.3 Å². The first-order valence-corrected chi connectivity index (χ1v) is 12.4. The predicted molar refractivity (Wildman–Crippen MR) is 102 cm³/mol. The molecule has 8 heteroatoms. The summed E-state index contributed by atoms with van der Waals surface area (Å²) in [5, 5.41) is 7.56. The van der Waals surface area contributed by atoms with E-state index in [1.807, 2.05) is 11.8 Å². The minimum Gasteiger partial charge on any atom is -0.376 e. The Morgan fingerprint density at radius 2 is 1.92 bits per heavy atom. The summed E-state index contributed by atoms with van der Waals surface area (Å²) in [6.07, 6.45) is 7.39. The van der Waals surface area contributed by atoms with Crippen molar-refractivity contribution >= 4 is 21.6 Å². The highest BCUT2D eigenvalue weighted by molar-refractivity contribution is 8.00. The maximum absolute atomic E-state index is 11.7. The number of nitrogens with one attached hydrogen (secondary N) is 2. The van der Waals surface area contributed by atoms with Crippen LogP contribution in [0.4, 0.5) is 0 Å². The Balaban J connectivity index is 1.51. The summed E-state index contributed by atoms with van der Waals surface area (Å²) in [6, 6.07) is 0. The molecule has 4 unspecified atom stereocenters. The van der Waals surface area contributed by atoms with Crippen LogP contribution in [0.5, 0.6) is 0 Å². The fraction of sp³-hybridized carbons (Fsp3) is 1.00. The highest BCUT2D eigenvalue weighted by atomic mass is 32.2. The van der Waals surface area contributed by atoms with Gasteiger partial charge in [0.25, 0.3) is 0 Å². The molecule has 3 rings (SSSR count). The molecule has 0 bridgehead atoms. The summed E-state index contributed by atoms with van der Waals surface area (Å²) in [7, 11) is -1.18. The lowest BCUT2D eigenvalue weighted by Gasteiger charge is -2.42. The molecule has 0 radical (unpaired) electrons. The molecule has 3 fully saturated rings. The van der Waals surface area contributed by atoms with Crippen LogP contribution in [0.3, 0.4) is 0 Å². The molecule has 3 aliphatic rings. The van der Waals surface area contributed by atoms with Crippen molar-refractivity contribution in [2.45, 2.75) is 67.5 Å². The van der Waals surface area contributed by atoms with E-state index in [1.54, 1.807) is 7.11 Å². The van der Waals surface area contributed by atoms with Crippen molar-refractivity contribution < 1.29 is 17.9 Å². The molecular formula is C17H32N2O4S2. The second-order valence-corrected chi connectivity index (χ2v) is 11.3. The third-order valence-electron chi connectivity index (χ3n) is 5.80. The van der Waals surface area contributed by atoms with Crippen molar-refractivity contribution in [3.63, 3.8) is 0 Å². The van der Waals surface area contributed by atoms with Gasteiger partial charge in [0.1, 0.15) is 22.2 Å². The van der Waals surface area contributed by atoms with E-state index in [2.05, 4.69) is 10.6 Å². The SMILES string of the molecule is COC1CNC(C2CCC(S(C)(=O)=O)CC2)NC1OCC1CCCS1. The first-order valence-electron chi connectivity index (χ1n) is 9.41. The van der Waals surface area contributed by atoms with Crippen molar-refractivity contribution in [3.05, 3.63) is 0 Å². The third kappa shape index (κ3) is 5.32. The van der Waals surface area contributed by atoms with E-state index in [-0.39, 0.29) is 23.7 Å². The van der Waals surface area contributed by atoms with Gasteiger partial charge in [-0.15, -0.1) is 0 Å². The summed E-state index contributed by atoms with van der Waals surface area (Å²) in [6.45, 7) is 1.54. The number of rotatable bonds is 6. The standard InChI is InChI=1S/C17H32N2O4S2/c1-22-15-10-18-16(12-5-7-14(8-6-12)25(2,20)21)19-17(15)23-11-13-4-3-9-24-13/h12-19H,3-11H2,1-2H3. The Labute approximate surface area is 156 Å². The Kier molecular flexibility index (Phi) is 7.07. The molecule has 2 N–H and O–H groups in total. The van der Waals surface area contributed by atoms with Crippen LogP contribution in [-0.2, 0) is 19.3 Å². The van der Waals surface area contributed by atoms with Crippen molar-refractivity contribution in [3.8, 4) is 0 Å². The van der Waals surface area contributed by atoms with Gasteiger partial charge in [0, 0.05) is 25.2 Å². The van der Waals surface area contributed by atoms with Crippen LogP contribution in [-0.4, -0.2) is 69.7 Å². The first kappa shape index (κ1) is 19.9. The largest absolute Gasteiger partial charge is 0.376 e. The van der Waals surface area contributed by atoms with E-state index in [0.717, 1.165) is 38.8 Å². The van der Waals surface area contributed by atoms with Gasteiger partial charge in [0.2, 0.25) is 0 Å². The zero-order valence-corrected chi connectivity index (χ0v) is 16.9. The van der Waals surface area contributed by atoms with Gasteiger partial charge in [0.05, 0.1) is 18.0 Å². The minimum absolute atomic E-state index is 0.00927. The Hall–Kier alpha value is 0.140. The quantitative estimate of drug-likeness (QED) is 0.707. The number of hydrogen-bond donors (Lipinski definition) is 2. The highest BCUT2D eigenvalue weighted by Gasteiger charge is 2.37. The average molecular weight is 393 g/mol. The Morgan fingerprint density at radius 3 is 2.52 bits per heavy atom. The van der Waals surface area contributed by atoms with Gasteiger partial charge in [-0.3, -0.25) is 10.6 Å². The number of sulfone groups is 1. The van der Waals surface area contributed by atoms with Gasteiger partial charge < -0.3 is 9.47 Å². The summed E-state index contributed by atoms with van der Waals surface area (Å²) >= 11 is 2.01. The summed E-state index contributed by atoms with van der Waals surface area (Å²) < 4.78 is 35.2. The molecule has 0 amide bonds. The molecule has 2 saturated heterocycles. The second-order valence-electron chi connectivity index (χ2n) is 7.58. The van der Waals surface area contributed by atoms with Gasteiger partial charge in [-0.2, -0.15) is 11.8 Å². The monoisotopic (exact) mass is 392 g/mol. The van der Waals surface area contributed by atoms with Crippen LogP contribution in [0.15, 0.2) is 0 Å². The molecule has 2 heterocycles. The molecule has 0 spiro atoms. The van der Waals surface area contributed by atoms with E-state index in [0.29, 0.717) is 11.2 Å². The van der Waals surface area contributed by atoms with E-state index in [1.165, 1.54) is 24.9 Å². The number of methoxy groups -OCH3 is 1. The molecule has 0 aromatic carbocycles. The van der Waals surface area contributed by atoms with Crippen molar-refractivity contribution in [1.29, 1.82) is 0 Å². The molecule has 2 aliphatic heterocycles. The van der Waals surface area contributed by atoms with Crippen molar-refractivity contribution in [1.82, 2.24) is 10.6 Å². The van der Waals surface area contributed by atoms with Crippen LogP contribution >= 0.6 is 11.8 Å². The number of thioether (sulfide) groups is 1. The summed E-state index contributed by atoms with van der Waals surface area (Å²) in [4.78, 5) is 0. The third-order valence-corrected chi connectivity index (χ3v) is 8.85. The molecule has 4 atom stereocenters. The summed E-state index contributed by atoms with van der Waals surface area (Å²) in [5.41, 5.74) is 0. The summed E-state index contributed by atoms with van der Waals surface area (Å²) in [5.74, 6) is 1.69. The number of ether oxygens (including phenoxy) is 2. The second kappa shape index (κ2) is 8.89. The average Bonchev–Trinajstić information content (AvgIpc) is 3.12. The fourth-order valence-corrected chi connectivity index (χ4v) is 6.50. The van der Waals surface area contributed by atoms with Crippen LogP contribution in [0.1, 0.15) is 38.5 Å². The molecule has 1 aliphatic carbocycles.